The summed E-state index contributed by atoms with van der Waals surface area (Å²) in [5.41, 5.74) is 2.04. The SMILES string of the molecule is C=C(C)[C@@H]1CCCN1C(=O)OCc1ccccc1. The smallest absolute Gasteiger partial charge is 0.410 e. The first-order valence-electron chi connectivity index (χ1n) is 6.31. The maximum atomic E-state index is 12.0. The molecule has 1 atom stereocenters. The second-order valence-electron chi connectivity index (χ2n) is 4.74. The molecule has 1 heterocycles. The van der Waals surface area contributed by atoms with Crippen molar-refractivity contribution < 1.29 is 9.53 Å². The molecule has 0 N–H and O–H groups in total. The maximum absolute atomic E-state index is 12.0. The molecule has 0 radical (unpaired) electrons. The molecule has 2 rings (SSSR count). The average Bonchev–Trinajstić information content (AvgIpc) is 2.86. The number of carbonyl (C=O) groups is 1. The fourth-order valence-corrected chi connectivity index (χ4v) is 2.30. The summed E-state index contributed by atoms with van der Waals surface area (Å²) >= 11 is 0. The van der Waals surface area contributed by atoms with Crippen molar-refractivity contribution >= 4 is 6.09 Å². The molecule has 3 heteroatoms. The van der Waals surface area contributed by atoms with E-state index in [9.17, 15) is 4.79 Å². The van der Waals surface area contributed by atoms with E-state index in [1.165, 1.54) is 0 Å². The summed E-state index contributed by atoms with van der Waals surface area (Å²) in [7, 11) is 0. The van der Waals surface area contributed by atoms with Crippen LogP contribution in [0.4, 0.5) is 4.79 Å². The van der Waals surface area contributed by atoms with Gasteiger partial charge in [-0.15, -0.1) is 0 Å². The molecule has 1 aliphatic heterocycles. The monoisotopic (exact) mass is 245 g/mol. The molecule has 1 aliphatic rings. The Balaban J connectivity index is 1.90. The van der Waals surface area contributed by atoms with Gasteiger partial charge in [-0.1, -0.05) is 42.5 Å². The van der Waals surface area contributed by atoms with Gasteiger partial charge >= 0.3 is 6.09 Å². The van der Waals surface area contributed by atoms with Crippen molar-refractivity contribution in [1.82, 2.24) is 4.90 Å². The predicted octanol–water partition coefficient (Wildman–Crippen LogP) is 3.36. The standard InChI is InChI=1S/C15H19NO2/c1-12(2)14-9-6-10-16(14)15(17)18-11-13-7-4-3-5-8-13/h3-5,7-8,14H,1,6,9-11H2,2H3/t14-/m0/s1. The van der Waals surface area contributed by atoms with Crippen LogP contribution >= 0.6 is 0 Å². The van der Waals surface area contributed by atoms with E-state index in [-0.39, 0.29) is 12.1 Å². The number of amides is 1. The Morgan fingerprint density at radius 3 is 2.83 bits per heavy atom. The Kier molecular flexibility index (Phi) is 4.03. The van der Waals surface area contributed by atoms with Gasteiger partial charge in [0.25, 0.3) is 0 Å². The zero-order chi connectivity index (χ0) is 13.0. The number of ether oxygens (including phenoxy) is 1. The Morgan fingerprint density at radius 2 is 2.17 bits per heavy atom. The lowest BCUT2D eigenvalue weighted by atomic mass is 10.1. The summed E-state index contributed by atoms with van der Waals surface area (Å²) in [6.07, 6.45) is 1.79. The largest absolute Gasteiger partial charge is 0.445 e. The average molecular weight is 245 g/mol. The second kappa shape index (κ2) is 5.71. The normalized spacial score (nSPS) is 18.7. The van der Waals surface area contributed by atoms with Crippen LogP contribution in [0.25, 0.3) is 0 Å². The van der Waals surface area contributed by atoms with Crippen LogP contribution in [0.3, 0.4) is 0 Å². The highest BCUT2D eigenvalue weighted by atomic mass is 16.6. The number of hydrogen-bond acceptors (Lipinski definition) is 2. The molecular formula is C15H19NO2. The minimum Gasteiger partial charge on any atom is -0.445 e. The van der Waals surface area contributed by atoms with Crippen LogP contribution < -0.4 is 0 Å². The lowest BCUT2D eigenvalue weighted by Gasteiger charge is -2.24. The topological polar surface area (TPSA) is 29.5 Å². The molecule has 1 saturated heterocycles. The molecule has 1 amide bonds. The lowest BCUT2D eigenvalue weighted by Crippen LogP contribution is -2.36. The number of benzene rings is 1. The Morgan fingerprint density at radius 1 is 1.44 bits per heavy atom. The molecular weight excluding hydrogens is 226 g/mol. The predicted molar refractivity (Wildman–Crippen MR) is 71.2 cm³/mol. The third kappa shape index (κ3) is 2.92. The molecule has 1 aromatic carbocycles. The quantitative estimate of drug-likeness (QED) is 0.764. The summed E-state index contributed by atoms with van der Waals surface area (Å²) in [4.78, 5) is 13.8. The van der Waals surface area contributed by atoms with Gasteiger partial charge in [0.15, 0.2) is 0 Å². The highest BCUT2D eigenvalue weighted by Crippen LogP contribution is 2.23. The first-order chi connectivity index (χ1) is 8.68. The van der Waals surface area contributed by atoms with E-state index in [2.05, 4.69) is 6.58 Å². The van der Waals surface area contributed by atoms with Crippen molar-refractivity contribution in [2.45, 2.75) is 32.4 Å². The van der Waals surface area contributed by atoms with E-state index in [0.29, 0.717) is 6.61 Å². The minimum absolute atomic E-state index is 0.147. The number of carbonyl (C=O) groups excluding carboxylic acids is 1. The molecule has 3 nitrogen and oxygen atoms in total. The lowest BCUT2D eigenvalue weighted by molar-refractivity contribution is 0.0963. The van der Waals surface area contributed by atoms with Crippen LogP contribution in [-0.2, 0) is 11.3 Å². The van der Waals surface area contributed by atoms with Gasteiger partial charge in [-0.2, -0.15) is 0 Å². The molecule has 0 saturated carbocycles. The highest BCUT2D eigenvalue weighted by Gasteiger charge is 2.30. The fraction of sp³-hybridized carbons (Fsp3) is 0.400. The maximum Gasteiger partial charge on any atom is 0.410 e. The van der Waals surface area contributed by atoms with E-state index >= 15 is 0 Å². The van der Waals surface area contributed by atoms with Crippen molar-refractivity contribution in [1.29, 1.82) is 0 Å². The molecule has 96 valence electrons. The van der Waals surface area contributed by atoms with E-state index in [1.54, 1.807) is 4.90 Å². The van der Waals surface area contributed by atoms with Crippen LogP contribution in [-0.4, -0.2) is 23.6 Å². The summed E-state index contributed by atoms with van der Waals surface area (Å²) in [6.45, 7) is 7.01. The fourth-order valence-electron chi connectivity index (χ4n) is 2.30. The first kappa shape index (κ1) is 12.7. The van der Waals surface area contributed by atoms with Gasteiger partial charge in [0.2, 0.25) is 0 Å². The number of hydrogen-bond donors (Lipinski definition) is 0. The third-order valence-corrected chi connectivity index (χ3v) is 3.26. The summed E-state index contributed by atoms with van der Waals surface area (Å²) < 4.78 is 5.34. The van der Waals surface area contributed by atoms with Crippen molar-refractivity contribution in [3.8, 4) is 0 Å². The number of rotatable bonds is 3. The van der Waals surface area contributed by atoms with Crippen LogP contribution in [0.2, 0.25) is 0 Å². The van der Waals surface area contributed by atoms with Gasteiger partial charge in [0.05, 0.1) is 6.04 Å². The molecule has 0 spiro atoms. The van der Waals surface area contributed by atoms with Crippen molar-refractivity contribution in [3.63, 3.8) is 0 Å². The van der Waals surface area contributed by atoms with Crippen molar-refractivity contribution in [2.75, 3.05) is 6.54 Å². The summed E-state index contributed by atoms with van der Waals surface area (Å²) in [5.74, 6) is 0. The number of likely N-dealkylation sites (tertiary alicyclic amines) is 1. The zero-order valence-corrected chi connectivity index (χ0v) is 10.8. The van der Waals surface area contributed by atoms with Crippen LogP contribution in [0, 0.1) is 0 Å². The van der Waals surface area contributed by atoms with Crippen LogP contribution in [0.1, 0.15) is 25.3 Å². The van der Waals surface area contributed by atoms with Gasteiger partial charge in [-0.3, -0.25) is 0 Å². The summed E-state index contributed by atoms with van der Waals surface area (Å²) in [5, 5.41) is 0. The molecule has 0 bridgehead atoms. The molecule has 1 aromatic rings. The first-order valence-corrected chi connectivity index (χ1v) is 6.31. The molecule has 18 heavy (non-hydrogen) atoms. The van der Waals surface area contributed by atoms with Gasteiger partial charge in [0, 0.05) is 6.54 Å². The Labute approximate surface area is 108 Å². The van der Waals surface area contributed by atoms with Crippen LogP contribution in [0.15, 0.2) is 42.5 Å². The zero-order valence-electron chi connectivity index (χ0n) is 10.8. The van der Waals surface area contributed by atoms with Gasteiger partial charge in [0.1, 0.15) is 6.61 Å². The van der Waals surface area contributed by atoms with E-state index in [0.717, 1.165) is 30.5 Å². The minimum atomic E-state index is -0.232. The van der Waals surface area contributed by atoms with E-state index in [4.69, 9.17) is 4.74 Å². The number of nitrogens with zero attached hydrogens (tertiary/aromatic N) is 1. The molecule has 0 aromatic heterocycles. The van der Waals surface area contributed by atoms with Crippen molar-refractivity contribution in [2.24, 2.45) is 0 Å². The second-order valence-corrected chi connectivity index (χ2v) is 4.74. The summed E-state index contributed by atoms with van der Waals surface area (Å²) in [6, 6.07) is 9.88. The highest BCUT2D eigenvalue weighted by molar-refractivity contribution is 5.69. The Bertz CT molecular complexity index is 427. The molecule has 0 aliphatic carbocycles. The van der Waals surface area contributed by atoms with Gasteiger partial charge in [-0.25, -0.2) is 4.79 Å². The van der Waals surface area contributed by atoms with E-state index < -0.39 is 0 Å². The third-order valence-electron chi connectivity index (χ3n) is 3.26. The van der Waals surface area contributed by atoms with E-state index in [1.807, 2.05) is 37.3 Å². The molecule has 0 unspecified atom stereocenters. The Hall–Kier alpha value is -1.77. The van der Waals surface area contributed by atoms with Crippen molar-refractivity contribution in [3.05, 3.63) is 48.0 Å². The van der Waals surface area contributed by atoms with Gasteiger partial charge < -0.3 is 9.64 Å². The van der Waals surface area contributed by atoms with Gasteiger partial charge in [-0.05, 0) is 25.3 Å². The molecule has 1 fully saturated rings. The van der Waals surface area contributed by atoms with Crippen LogP contribution in [0.5, 0.6) is 0 Å².